The van der Waals surface area contributed by atoms with Crippen molar-refractivity contribution >= 4 is 50.7 Å². The van der Waals surface area contributed by atoms with Crippen molar-refractivity contribution in [3.05, 3.63) is 44.9 Å². The number of hydrogen-bond donors (Lipinski definition) is 1. The second-order valence-electron chi connectivity index (χ2n) is 3.20. The topological polar surface area (TPSA) is 67.8 Å². The van der Waals surface area contributed by atoms with Crippen LogP contribution in [0.1, 0.15) is 10.4 Å². The first-order valence-electron chi connectivity index (χ1n) is 4.68. The quantitative estimate of drug-likeness (QED) is 0.847. The van der Waals surface area contributed by atoms with Crippen LogP contribution < -0.4 is 5.32 Å². The zero-order chi connectivity index (χ0) is 13.1. The van der Waals surface area contributed by atoms with Crippen LogP contribution in [0, 0.1) is 0 Å². The molecule has 2 rings (SSSR count). The predicted molar refractivity (Wildman–Crippen MR) is 71.9 cm³/mol. The van der Waals surface area contributed by atoms with Gasteiger partial charge in [-0.2, -0.15) is 0 Å². The second kappa shape index (κ2) is 5.60. The maximum atomic E-state index is 11.9. The number of halogens is 3. The van der Waals surface area contributed by atoms with Gasteiger partial charge in [0.2, 0.25) is 0 Å². The number of hydrogen-bond acceptors (Lipinski definition) is 4. The van der Waals surface area contributed by atoms with Crippen molar-refractivity contribution in [2.24, 2.45) is 0 Å². The Bertz CT molecular complexity index is 591. The molecule has 1 amide bonds. The fraction of sp³-hybridized carbons (Fsp3) is 0. The van der Waals surface area contributed by atoms with Gasteiger partial charge in [-0.1, -0.05) is 23.2 Å². The fourth-order valence-electron chi connectivity index (χ4n) is 1.16. The van der Waals surface area contributed by atoms with Gasteiger partial charge in [0.05, 0.1) is 17.4 Å². The van der Waals surface area contributed by atoms with Gasteiger partial charge in [-0.05, 0) is 34.1 Å². The number of nitrogens with one attached hydrogen (secondary N) is 1. The Morgan fingerprint density at radius 3 is 2.72 bits per heavy atom. The van der Waals surface area contributed by atoms with Crippen molar-refractivity contribution < 1.29 is 4.79 Å². The van der Waals surface area contributed by atoms with E-state index in [4.69, 9.17) is 23.2 Å². The standard InChI is InChI=1S/C10H5BrCl2N4O/c11-7-2-1-5(4-14-7)15-10(18)6-3-8(12)16-17-9(6)13/h1-4H,(H,15,18). The van der Waals surface area contributed by atoms with Gasteiger partial charge in [-0.3, -0.25) is 4.79 Å². The molecule has 2 aromatic rings. The Morgan fingerprint density at radius 1 is 1.28 bits per heavy atom. The van der Waals surface area contributed by atoms with Crippen LogP contribution >= 0.6 is 39.1 Å². The Labute approximate surface area is 121 Å². The molecular formula is C10H5BrCl2N4O. The fourth-order valence-corrected chi connectivity index (χ4v) is 1.72. The Morgan fingerprint density at radius 2 is 2.06 bits per heavy atom. The maximum Gasteiger partial charge on any atom is 0.259 e. The highest BCUT2D eigenvalue weighted by atomic mass is 79.9. The summed E-state index contributed by atoms with van der Waals surface area (Å²) in [5.41, 5.74) is 0.687. The summed E-state index contributed by atoms with van der Waals surface area (Å²) in [7, 11) is 0. The summed E-state index contributed by atoms with van der Waals surface area (Å²) in [6.07, 6.45) is 1.51. The van der Waals surface area contributed by atoms with Crippen LogP contribution in [0.15, 0.2) is 29.0 Å². The lowest BCUT2D eigenvalue weighted by molar-refractivity contribution is 0.102. The number of amides is 1. The summed E-state index contributed by atoms with van der Waals surface area (Å²) in [6, 6.07) is 4.74. The van der Waals surface area contributed by atoms with Crippen LogP contribution in [0.4, 0.5) is 5.69 Å². The van der Waals surface area contributed by atoms with Gasteiger partial charge >= 0.3 is 0 Å². The zero-order valence-corrected chi connectivity index (χ0v) is 11.8. The summed E-state index contributed by atoms with van der Waals surface area (Å²) in [4.78, 5) is 15.9. The van der Waals surface area contributed by atoms with Crippen molar-refractivity contribution in [3.63, 3.8) is 0 Å². The molecule has 0 saturated carbocycles. The molecule has 0 unspecified atom stereocenters. The lowest BCUT2D eigenvalue weighted by Gasteiger charge is -2.05. The summed E-state index contributed by atoms with van der Waals surface area (Å²) in [5.74, 6) is -0.430. The highest BCUT2D eigenvalue weighted by molar-refractivity contribution is 9.10. The minimum Gasteiger partial charge on any atom is -0.320 e. The first-order chi connectivity index (χ1) is 8.56. The van der Waals surface area contributed by atoms with Crippen LogP contribution in [0.3, 0.4) is 0 Å². The van der Waals surface area contributed by atoms with E-state index in [9.17, 15) is 4.79 Å². The molecule has 0 radical (unpaired) electrons. The molecule has 0 aliphatic carbocycles. The van der Waals surface area contributed by atoms with Gasteiger partial charge in [0.15, 0.2) is 10.3 Å². The molecule has 0 spiro atoms. The number of aromatic nitrogens is 3. The third kappa shape index (κ3) is 3.16. The van der Waals surface area contributed by atoms with E-state index in [-0.39, 0.29) is 15.9 Å². The number of carbonyl (C=O) groups excluding carboxylic acids is 1. The Kier molecular flexibility index (Phi) is 4.11. The average molecular weight is 348 g/mol. The van der Waals surface area contributed by atoms with Crippen molar-refractivity contribution in [1.29, 1.82) is 0 Å². The molecule has 0 bridgehead atoms. The summed E-state index contributed by atoms with van der Waals surface area (Å²) in [5, 5.41) is 9.78. The van der Waals surface area contributed by atoms with Crippen molar-refractivity contribution in [2.45, 2.75) is 0 Å². The van der Waals surface area contributed by atoms with E-state index in [1.54, 1.807) is 12.1 Å². The zero-order valence-electron chi connectivity index (χ0n) is 8.69. The van der Waals surface area contributed by atoms with Gasteiger partial charge in [-0.25, -0.2) is 4.98 Å². The largest absolute Gasteiger partial charge is 0.320 e. The van der Waals surface area contributed by atoms with E-state index in [1.807, 2.05) is 0 Å². The lowest BCUT2D eigenvalue weighted by atomic mass is 10.3. The number of nitrogens with zero attached hydrogens (tertiary/aromatic N) is 3. The Hall–Kier alpha value is -1.24. The number of pyridine rings is 1. The van der Waals surface area contributed by atoms with Gasteiger partial charge in [0.1, 0.15) is 4.60 Å². The molecule has 2 heterocycles. The first-order valence-corrected chi connectivity index (χ1v) is 6.23. The molecule has 0 aliphatic heterocycles. The normalized spacial score (nSPS) is 10.2. The van der Waals surface area contributed by atoms with Gasteiger partial charge in [0.25, 0.3) is 5.91 Å². The molecule has 5 nitrogen and oxygen atoms in total. The van der Waals surface area contributed by atoms with Gasteiger partial charge in [0, 0.05) is 0 Å². The summed E-state index contributed by atoms with van der Waals surface area (Å²) < 4.78 is 0.673. The van der Waals surface area contributed by atoms with Crippen molar-refractivity contribution in [1.82, 2.24) is 15.2 Å². The van der Waals surface area contributed by atoms with E-state index in [1.165, 1.54) is 12.3 Å². The van der Waals surface area contributed by atoms with Crippen molar-refractivity contribution in [3.8, 4) is 0 Å². The average Bonchev–Trinajstić information content (AvgIpc) is 2.35. The molecule has 8 heteroatoms. The monoisotopic (exact) mass is 346 g/mol. The molecule has 0 atom stereocenters. The van der Waals surface area contributed by atoms with E-state index < -0.39 is 5.91 Å². The number of carbonyl (C=O) groups is 1. The Balaban J connectivity index is 2.21. The first kappa shape index (κ1) is 13.2. The molecule has 92 valence electrons. The van der Waals surface area contributed by atoms with Crippen LogP contribution in [0.25, 0.3) is 0 Å². The van der Waals surface area contributed by atoms with Crippen LogP contribution in [-0.2, 0) is 0 Å². The number of anilines is 1. The minimum atomic E-state index is -0.430. The third-order valence-corrected chi connectivity index (χ3v) is 2.88. The third-order valence-electron chi connectivity index (χ3n) is 1.95. The molecule has 0 aliphatic rings. The van der Waals surface area contributed by atoms with Crippen LogP contribution in [-0.4, -0.2) is 21.1 Å². The van der Waals surface area contributed by atoms with Gasteiger partial charge in [-0.15, -0.1) is 10.2 Å². The maximum absolute atomic E-state index is 11.9. The SMILES string of the molecule is O=C(Nc1ccc(Br)nc1)c1cc(Cl)nnc1Cl. The van der Waals surface area contributed by atoms with Crippen molar-refractivity contribution in [2.75, 3.05) is 5.32 Å². The highest BCUT2D eigenvalue weighted by Gasteiger charge is 2.13. The predicted octanol–water partition coefficient (Wildman–Crippen LogP) is 3.19. The van der Waals surface area contributed by atoms with E-state index >= 15 is 0 Å². The van der Waals surface area contributed by atoms with Crippen LogP contribution in [0.5, 0.6) is 0 Å². The summed E-state index contributed by atoms with van der Waals surface area (Å²) >= 11 is 14.6. The molecule has 0 aromatic carbocycles. The van der Waals surface area contributed by atoms with E-state index in [0.29, 0.717) is 10.3 Å². The highest BCUT2D eigenvalue weighted by Crippen LogP contribution is 2.17. The number of rotatable bonds is 2. The molecular weight excluding hydrogens is 343 g/mol. The lowest BCUT2D eigenvalue weighted by Crippen LogP contribution is -2.13. The molecule has 2 aromatic heterocycles. The van der Waals surface area contributed by atoms with Gasteiger partial charge < -0.3 is 5.32 Å². The minimum absolute atomic E-state index is 0.0121. The smallest absolute Gasteiger partial charge is 0.259 e. The molecule has 0 saturated heterocycles. The molecule has 0 fully saturated rings. The van der Waals surface area contributed by atoms with E-state index in [2.05, 4.69) is 36.4 Å². The molecule has 1 N–H and O–H groups in total. The summed E-state index contributed by atoms with van der Waals surface area (Å²) in [6.45, 7) is 0. The second-order valence-corrected chi connectivity index (χ2v) is 4.75. The van der Waals surface area contributed by atoms with E-state index in [0.717, 1.165) is 0 Å². The molecule has 18 heavy (non-hydrogen) atoms. The van der Waals surface area contributed by atoms with Crippen LogP contribution in [0.2, 0.25) is 10.3 Å².